The Hall–Kier alpha value is -4.63. The third-order valence-corrected chi connectivity index (χ3v) is 7.04. The topological polar surface area (TPSA) is 81.8 Å². The molecule has 0 radical (unpaired) electrons. The Morgan fingerprint density at radius 1 is 1.07 bits per heavy atom. The number of carbonyl (C=O) groups excluding carboxylic acids is 1. The van der Waals surface area contributed by atoms with Gasteiger partial charge in [0.15, 0.2) is 0 Å². The Bertz CT molecular complexity index is 1620. The number of aromatic nitrogens is 2. The summed E-state index contributed by atoms with van der Waals surface area (Å²) in [6.45, 7) is 3.50. The predicted octanol–water partition coefficient (Wildman–Crippen LogP) is 5.26. The maximum absolute atomic E-state index is 13.6. The standard InChI is InChI=1S/C31H29FN4O4/c1-33-31(37)29-24-17-27(39-20-28-34-11-12-36(28)19-21-5-3-2-4-6-21)25(35-13-15-38-16-14-35)18-26(24)40-30(29)22-7-9-23(32)10-8-22/h2-12,17-18H,13-16,19-20H2,1H3,(H,33,37). The van der Waals surface area contributed by atoms with Gasteiger partial charge in [0.1, 0.15) is 35.3 Å². The molecule has 3 aromatic carbocycles. The number of morpholine rings is 1. The molecule has 0 aliphatic carbocycles. The number of rotatable bonds is 8. The van der Waals surface area contributed by atoms with Crippen LogP contribution in [0.15, 0.2) is 83.5 Å². The summed E-state index contributed by atoms with van der Waals surface area (Å²) < 4.78 is 34.0. The third-order valence-electron chi connectivity index (χ3n) is 7.04. The molecule has 0 bridgehead atoms. The molecule has 1 fully saturated rings. The van der Waals surface area contributed by atoms with Gasteiger partial charge in [0.25, 0.3) is 5.91 Å². The number of hydrogen-bond acceptors (Lipinski definition) is 6. The van der Waals surface area contributed by atoms with Gasteiger partial charge in [0, 0.05) is 56.1 Å². The monoisotopic (exact) mass is 540 g/mol. The van der Waals surface area contributed by atoms with Gasteiger partial charge in [-0.25, -0.2) is 9.37 Å². The van der Waals surface area contributed by atoms with Crippen LogP contribution in [0.25, 0.3) is 22.3 Å². The number of hydrogen-bond donors (Lipinski definition) is 1. The van der Waals surface area contributed by atoms with Crippen molar-refractivity contribution in [1.29, 1.82) is 0 Å². The molecule has 0 spiro atoms. The van der Waals surface area contributed by atoms with E-state index < -0.39 is 0 Å². The van der Waals surface area contributed by atoms with Gasteiger partial charge in [-0.2, -0.15) is 0 Å². The van der Waals surface area contributed by atoms with E-state index in [0.717, 1.165) is 11.5 Å². The first kappa shape index (κ1) is 25.6. The SMILES string of the molecule is CNC(=O)c1c(-c2ccc(F)cc2)oc2cc(N3CCOCC3)c(OCc3nccn3Cc3ccccc3)cc12. The molecule has 0 saturated carbocycles. The van der Waals surface area contributed by atoms with Gasteiger partial charge >= 0.3 is 0 Å². The number of carbonyl (C=O) groups is 1. The van der Waals surface area contributed by atoms with Crippen LogP contribution >= 0.6 is 0 Å². The smallest absolute Gasteiger partial charge is 0.255 e. The van der Waals surface area contributed by atoms with E-state index in [9.17, 15) is 9.18 Å². The largest absolute Gasteiger partial charge is 0.483 e. The Balaban J connectivity index is 1.40. The molecule has 1 aliphatic heterocycles. The fourth-order valence-electron chi connectivity index (χ4n) is 4.98. The first-order valence-corrected chi connectivity index (χ1v) is 13.2. The van der Waals surface area contributed by atoms with E-state index in [1.54, 1.807) is 25.4 Å². The van der Waals surface area contributed by atoms with Crippen molar-refractivity contribution in [3.63, 3.8) is 0 Å². The van der Waals surface area contributed by atoms with Gasteiger partial charge in [0.05, 0.1) is 24.5 Å². The number of amides is 1. The molecule has 9 heteroatoms. The molecule has 1 saturated heterocycles. The lowest BCUT2D eigenvalue weighted by molar-refractivity contribution is 0.0964. The summed E-state index contributed by atoms with van der Waals surface area (Å²) in [4.78, 5) is 19.8. The molecule has 2 aromatic heterocycles. The molecule has 6 rings (SSSR count). The van der Waals surface area contributed by atoms with Crippen molar-refractivity contribution in [3.05, 3.63) is 102 Å². The second-order valence-electron chi connectivity index (χ2n) is 9.55. The van der Waals surface area contributed by atoms with E-state index in [2.05, 4.69) is 31.9 Å². The number of halogens is 1. The molecule has 0 unspecified atom stereocenters. The van der Waals surface area contributed by atoms with Crippen molar-refractivity contribution in [2.45, 2.75) is 13.2 Å². The summed E-state index contributed by atoms with van der Waals surface area (Å²) in [5, 5.41) is 3.32. The normalized spacial score (nSPS) is 13.5. The van der Waals surface area contributed by atoms with Gasteiger partial charge in [-0.1, -0.05) is 30.3 Å². The Labute approximate surface area is 230 Å². The first-order chi connectivity index (χ1) is 19.6. The predicted molar refractivity (Wildman–Crippen MR) is 150 cm³/mol. The van der Waals surface area contributed by atoms with E-state index in [1.807, 2.05) is 36.5 Å². The molecule has 204 valence electrons. The maximum atomic E-state index is 13.6. The first-order valence-electron chi connectivity index (χ1n) is 13.2. The van der Waals surface area contributed by atoms with Gasteiger partial charge < -0.3 is 28.7 Å². The number of furan rings is 1. The molecule has 5 aromatic rings. The number of ether oxygens (including phenoxy) is 2. The zero-order valence-electron chi connectivity index (χ0n) is 22.1. The molecule has 3 heterocycles. The number of imidazole rings is 1. The van der Waals surface area contributed by atoms with E-state index >= 15 is 0 Å². The minimum absolute atomic E-state index is 0.237. The van der Waals surface area contributed by atoms with Gasteiger partial charge in [-0.3, -0.25) is 4.79 Å². The minimum Gasteiger partial charge on any atom is -0.483 e. The fourth-order valence-corrected chi connectivity index (χ4v) is 4.98. The number of fused-ring (bicyclic) bond motifs is 1. The van der Waals surface area contributed by atoms with Crippen molar-refractivity contribution in [3.8, 4) is 17.1 Å². The van der Waals surface area contributed by atoms with E-state index in [-0.39, 0.29) is 18.3 Å². The Kier molecular flexibility index (Phi) is 7.20. The van der Waals surface area contributed by atoms with Crippen LogP contribution in [0.2, 0.25) is 0 Å². The lowest BCUT2D eigenvalue weighted by atomic mass is 10.0. The second-order valence-corrected chi connectivity index (χ2v) is 9.55. The van der Waals surface area contributed by atoms with Crippen LogP contribution in [0.4, 0.5) is 10.1 Å². The highest BCUT2D eigenvalue weighted by atomic mass is 19.1. The van der Waals surface area contributed by atoms with Crippen molar-refractivity contribution >= 4 is 22.6 Å². The number of anilines is 1. The average molecular weight is 541 g/mol. The van der Waals surface area contributed by atoms with Crippen molar-refractivity contribution in [2.75, 3.05) is 38.3 Å². The highest BCUT2D eigenvalue weighted by Gasteiger charge is 2.25. The zero-order valence-corrected chi connectivity index (χ0v) is 22.1. The number of nitrogens with zero attached hydrogens (tertiary/aromatic N) is 3. The minimum atomic E-state index is -0.364. The molecular formula is C31H29FN4O4. The van der Waals surface area contributed by atoms with E-state index in [0.29, 0.717) is 66.5 Å². The maximum Gasteiger partial charge on any atom is 0.255 e. The molecule has 1 N–H and O–H groups in total. The van der Waals surface area contributed by atoms with Gasteiger partial charge in [-0.05, 0) is 35.9 Å². The van der Waals surface area contributed by atoms with Crippen LogP contribution in [0.5, 0.6) is 5.75 Å². The lowest BCUT2D eigenvalue weighted by Crippen LogP contribution is -2.36. The highest BCUT2D eigenvalue weighted by Crippen LogP contribution is 2.41. The van der Waals surface area contributed by atoms with E-state index in [4.69, 9.17) is 13.9 Å². The van der Waals surface area contributed by atoms with Crippen molar-refractivity contribution in [1.82, 2.24) is 14.9 Å². The zero-order chi connectivity index (χ0) is 27.5. The molecular weight excluding hydrogens is 511 g/mol. The Morgan fingerprint density at radius 3 is 2.60 bits per heavy atom. The van der Waals surface area contributed by atoms with Crippen LogP contribution in [-0.2, 0) is 17.9 Å². The van der Waals surface area contributed by atoms with Gasteiger partial charge in [-0.15, -0.1) is 0 Å². The summed E-state index contributed by atoms with van der Waals surface area (Å²) >= 11 is 0. The molecule has 1 aliphatic rings. The third kappa shape index (κ3) is 5.15. The lowest BCUT2D eigenvalue weighted by Gasteiger charge is -2.30. The Morgan fingerprint density at radius 2 is 1.85 bits per heavy atom. The molecule has 1 amide bonds. The van der Waals surface area contributed by atoms with Gasteiger partial charge in [0.2, 0.25) is 0 Å². The summed E-state index contributed by atoms with van der Waals surface area (Å²) in [5.41, 5.74) is 3.53. The summed E-state index contributed by atoms with van der Waals surface area (Å²) in [6.07, 6.45) is 3.70. The number of nitrogens with one attached hydrogen (secondary N) is 1. The van der Waals surface area contributed by atoms with Crippen LogP contribution < -0.4 is 15.0 Å². The quantitative estimate of drug-likeness (QED) is 0.289. The van der Waals surface area contributed by atoms with Crippen LogP contribution in [0.1, 0.15) is 21.7 Å². The van der Waals surface area contributed by atoms with E-state index in [1.165, 1.54) is 17.7 Å². The average Bonchev–Trinajstić information content (AvgIpc) is 3.60. The highest BCUT2D eigenvalue weighted by molar-refractivity contribution is 6.12. The molecule has 8 nitrogen and oxygen atoms in total. The summed E-state index contributed by atoms with van der Waals surface area (Å²) in [6, 6.07) is 19.8. The van der Waals surface area contributed by atoms with Crippen LogP contribution in [0, 0.1) is 5.82 Å². The van der Waals surface area contributed by atoms with Crippen LogP contribution in [0.3, 0.4) is 0 Å². The van der Waals surface area contributed by atoms with Crippen LogP contribution in [-0.4, -0.2) is 48.8 Å². The molecule has 40 heavy (non-hydrogen) atoms. The van der Waals surface area contributed by atoms with Crippen molar-refractivity contribution in [2.24, 2.45) is 0 Å². The fraction of sp³-hybridized carbons (Fsp3) is 0.226. The number of benzene rings is 3. The summed E-state index contributed by atoms with van der Waals surface area (Å²) in [7, 11) is 1.57. The molecule has 0 atom stereocenters. The van der Waals surface area contributed by atoms with Crippen molar-refractivity contribution < 1.29 is 23.1 Å². The summed E-state index contributed by atoms with van der Waals surface area (Å²) in [5.74, 6) is 1.10. The second kappa shape index (κ2) is 11.2.